The maximum Gasteiger partial charge on any atom is 0.315 e. The number of amides is 2. The highest BCUT2D eigenvalue weighted by Gasteiger charge is 2.40. The smallest absolute Gasteiger partial charge is 0.315 e. The number of hydrogen-bond donors (Lipinski definition) is 3. The van der Waals surface area contributed by atoms with Crippen molar-refractivity contribution >= 4 is 6.03 Å². The van der Waals surface area contributed by atoms with Crippen molar-refractivity contribution in [1.29, 1.82) is 0 Å². The molecule has 2 amide bonds. The molecule has 1 saturated carbocycles. The second-order valence-electron chi connectivity index (χ2n) is 7.12. The number of benzene rings is 1. The first-order valence-electron chi connectivity index (χ1n) is 9.18. The molecule has 1 heterocycles. The van der Waals surface area contributed by atoms with Gasteiger partial charge < -0.3 is 15.7 Å². The van der Waals surface area contributed by atoms with Crippen LogP contribution >= 0.6 is 0 Å². The molecule has 1 saturated heterocycles. The first-order valence-corrected chi connectivity index (χ1v) is 9.18. The quantitative estimate of drug-likeness (QED) is 0.698. The molecule has 1 aromatic carbocycles. The fourth-order valence-corrected chi connectivity index (χ4v) is 4.21. The molecule has 3 N–H and O–H groups in total. The Morgan fingerprint density at radius 3 is 2.83 bits per heavy atom. The lowest BCUT2D eigenvalue weighted by atomic mass is 9.78. The average molecular weight is 331 g/mol. The summed E-state index contributed by atoms with van der Waals surface area (Å²) in [6, 6.07) is 10.8. The SMILES string of the molecule is O=C(NCCCO)N[C@@H]1CCC[C@@H]2CN(Cc3ccccc3)C[C@@H]21. The third kappa shape index (κ3) is 4.48. The van der Waals surface area contributed by atoms with E-state index in [9.17, 15) is 4.79 Å². The van der Waals surface area contributed by atoms with Crippen LogP contribution in [-0.2, 0) is 6.54 Å². The molecular weight excluding hydrogens is 302 g/mol. The first-order chi connectivity index (χ1) is 11.8. The number of aliphatic hydroxyl groups excluding tert-OH is 1. The summed E-state index contributed by atoms with van der Waals surface area (Å²) in [7, 11) is 0. The molecule has 0 bridgehead atoms. The molecule has 0 radical (unpaired) electrons. The van der Waals surface area contributed by atoms with E-state index in [1.807, 2.05) is 0 Å². The topological polar surface area (TPSA) is 64.6 Å². The van der Waals surface area contributed by atoms with Crippen molar-refractivity contribution in [1.82, 2.24) is 15.5 Å². The van der Waals surface area contributed by atoms with Crippen LogP contribution in [0.25, 0.3) is 0 Å². The summed E-state index contributed by atoms with van der Waals surface area (Å²) >= 11 is 0. The third-order valence-corrected chi connectivity index (χ3v) is 5.36. The van der Waals surface area contributed by atoms with Gasteiger partial charge in [0.25, 0.3) is 0 Å². The Hall–Kier alpha value is -1.59. The number of aliphatic hydroxyl groups is 1. The van der Waals surface area contributed by atoms with Gasteiger partial charge in [-0.1, -0.05) is 36.8 Å². The van der Waals surface area contributed by atoms with Crippen molar-refractivity contribution in [3.05, 3.63) is 35.9 Å². The summed E-state index contributed by atoms with van der Waals surface area (Å²) in [6.07, 6.45) is 4.16. The summed E-state index contributed by atoms with van der Waals surface area (Å²) in [5.74, 6) is 1.26. The van der Waals surface area contributed by atoms with Gasteiger partial charge in [-0.25, -0.2) is 4.79 Å². The number of carbonyl (C=O) groups is 1. The number of urea groups is 1. The van der Waals surface area contributed by atoms with Crippen molar-refractivity contribution in [3.8, 4) is 0 Å². The number of rotatable bonds is 6. The van der Waals surface area contributed by atoms with Crippen molar-refractivity contribution in [2.45, 2.75) is 38.3 Å². The molecule has 2 aliphatic rings. The van der Waals surface area contributed by atoms with Gasteiger partial charge in [-0.2, -0.15) is 0 Å². The molecule has 3 rings (SSSR count). The number of nitrogens with zero attached hydrogens (tertiary/aromatic N) is 1. The molecule has 0 spiro atoms. The highest BCUT2D eigenvalue weighted by molar-refractivity contribution is 5.74. The zero-order valence-electron chi connectivity index (χ0n) is 14.3. The minimum atomic E-state index is -0.0874. The van der Waals surface area contributed by atoms with Crippen LogP contribution in [0.15, 0.2) is 30.3 Å². The van der Waals surface area contributed by atoms with Gasteiger partial charge in [0.15, 0.2) is 0 Å². The molecule has 3 atom stereocenters. The van der Waals surface area contributed by atoms with Gasteiger partial charge >= 0.3 is 6.03 Å². The largest absolute Gasteiger partial charge is 0.396 e. The van der Waals surface area contributed by atoms with Crippen LogP contribution in [0.1, 0.15) is 31.2 Å². The molecule has 0 unspecified atom stereocenters. The van der Waals surface area contributed by atoms with Gasteiger partial charge in [-0.05, 0) is 36.7 Å². The van der Waals surface area contributed by atoms with Gasteiger partial charge in [-0.3, -0.25) is 4.90 Å². The summed E-state index contributed by atoms with van der Waals surface area (Å²) in [4.78, 5) is 14.6. The second kappa shape index (κ2) is 8.49. The maximum atomic E-state index is 12.0. The van der Waals surface area contributed by atoms with E-state index < -0.39 is 0 Å². The van der Waals surface area contributed by atoms with Crippen LogP contribution in [0.3, 0.4) is 0 Å². The van der Waals surface area contributed by atoms with Crippen LogP contribution in [0, 0.1) is 11.8 Å². The van der Waals surface area contributed by atoms with Crippen LogP contribution in [0.4, 0.5) is 4.79 Å². The fourth-order valence-electron chi connectivity index (χ4n) is 4.21. The lowest BCUT2D eigenvalue weighted by Gasteiger charge is -2.33. The van der Waals surface area contributed by atoms with Crippen molar-refractivity contribution < 1.29 is 9.90 Å². The zero-order valence-corrected chi connectivity index (χ0v) is 14.3. The van der Waals surface area contributed by atoms with E-state index in [1.165, 1.54) is 18.4 Å². The van der Waals surface area contributed by atoms with E-state index in [0.29, 0.717) is 24.8 Å². The standard InChI is InChI=1S/C19H29N3O2/c23-11-5-10-20-19(24)21-18-9-4-8-16-13-22(14-17(16)18)12-15-6-2-1-3-7-15/h1-3,6-7,16-18,23H,4-5,8-14H2,(H2,20,21,24)/t16-,17+,18-/m1/s1. The minimum Gasteiger partial charge on any atom is -0.396 e. The number of likely N-dealkylation sites (tertiary alicyclic amines) is 1. The van der Waals surface area contributed by atoms with E-state index in [0.717, 1.165) is 26.1 Å². The maximum absolute atomic E-state index is 12.0. The van der Waals surface area contributed by atoms with E-state index in [1.54, 1.807) is 0 Å². The molecule has 24 heavy (non-hydrogen) atoms. The Labute approximate surface area is 144 Å². The lowest BCUT2D eigenvalue weighted by molar-refractivity contribution is 0.202. The molecule has 1 aliphatic heterocycles. The van der Waals surface area contributed by atoms with Gasteiger partial charge in [0.2, 0.25) is 0 Å². The summed E-state index contributed by atoms with van der Waals surface area (Å²) in [5, 5.41) is 14.8. The monoisotopic (exact) mass is 331 g/mol. The first kappa shape index (κ1) is 17.2. The number of nitrogens with one attached hydrogen (secondary N) is 2. The Morgan fingerprint density at radius 2 is 2.04 bits per heavy atom. The van der Waals surface area contributed by atoms with Crippen LogP contribution in [0.5, 0.6) is 0 Å². The normalized spacial score (nSPS) is 26.8. The Kier molecular flexibility index (Phi) is 6.10. The summed E-state index contributed by atoms with van der Waals surface area (Å²) in [5.41, 5.74) is 1.36. The predicted octanol–water partition coefficient (Wildman–Crippen LogP) is 1.97. The molecule has 5 nitrogen and oxygen atoms in total. The Balaban J connectivity index is 1.52. The molecule has 2 fully saturated rings. The van der Waals surface area contributed by atoms with E-state index in [4.69, 9.17) is 5.11 Å². The summed E-state index contributed by atoms with van der Waals surface area (Å²) in [6.45, 7) is 3.86. The number of fused-ring (bicyclic) bond motifs is 1. The van der Waals surface area contributed by atoms with Gasteiger partial charge in [0, 0.05) is 38.8 Å². The van der Waals surface area contributed by atoms with Crippen LogP contribution < -0.4 is 10.6 Å². The van der Waals surface area contributed by atoms with Crippen molar-refractivity contribution in [2.24, 2.45) is 11.8 Å². The van der Waals surface area contributed by atoms with E-state index in [2.05, 4.69) is 45.9 Å². The highest BCUT2D eigenvalue weighted by atomic mass is 16.3. The Morgan fingerprint density at radius 1 is 1.21 bits per heavy atom. The summed E-state index contributed by atoms with van der Waals surface area (Å²) < 4.78 is 0. The second-order valence-corrected chi connectivity index (χ2v) is 7.12. The zero-order chi connectivity index (χ0) is 16.8. The molecule has 1 aliphatic carbocycles. The highest BCUT2D eigenvalue weighted by Crippen LogP contribution is 2.36. The number of hydrogen-bond acceptors (Lipinski definition) is 3. The average Bonchev–Trinajstić information content (AvgIpc) is 2.99. The molecular formula is C19H29N3O2. The molecule has 5 heteroatoms. The minimum absolute atomic E-state index is 0.0874. The van der Waals surface area contributed by atoms with Gasteiger partial charge in [0.1, 0.15) is 0 Å². The Bertz CT molecular complexity index is 523. The van der Waals surface area contributed by atoms with Crippen molar-refractivity contribution in [3.63, 3.8) is 0 Å². The van der Waals surface area contributed by atoms with E-state index >= 15 is 0 Å². The van der Waals surface area contributed by atoms with Gasteiger partial charge in [-0.15, -0.1) is 0 Å². The van der Waals surface area contributed by atoms with E-state index in [-0.39, 0.29) is 18.7 Å². The third-order valence-electron chi connectivity index (χ3n) is 5.36. The number of carbonyl (C=O) groups excluding carboxylic acids is 1. The van der Waals surface area contributed by atoms with Crippen LogP contribution in [-0.4, -0.2) is 48.3 Å². The predicted molar refractivity (Wildman–Crippen MR) is 94.6 cm³/mol. The van der Waals surface area contributed by atoms with Crippen molar-refractivity contribution in [2.75, 3.05) is 26.2 Å². The fraction of sp³-hybridized carbons (Fsp3) is 0.632. The molecule has 1 aromatic rings. The molecule has 132 valence electrons. The van der Waals surface area contributed by atoms with Crippen LogP contribution in [0.2, 0.25) is 0 Å². The molecule has 0 aromatic heterocycles. The lowest BCUT2D eigenvalue weighted by Crippen LogP contribution is -2.49. The van der Waals surface area contributed by atoms with Gasteiger partial charge in [0.05, 0.1) is 0 Å².